The van der Waals surface area contributed by atoms with Crippen LogP contribution in [-0.2, 0) is 36.8 Å². The van der Waals surface area contributed by atoms with Gasteiger partial charge in [-0.2, -0.15) is 0 Å². The molecule has 0 saturated heterocycles. The van der Waals surface area contributed by atoms with E-state index in [-0.39, 0.29) is 19.3 Å². The number of hydrogen-bond donors (Lipinski definition) is 7. The minimum atomic E-state index is -1.40. The molecule has 2 aromatic rings. The van der Waals surface area contributed by atoms with Gasteiger partial charge in [0.15, 0.2) is 0 Å². The van der Waals surface area contributed by atoms with Crippen LogP contribution in [0, 0.1) is 0 Å². The van der Waals surface area contributed by atoms with E-state index >= 15 is 0 Å². The molecular formula is C28H38N6O6. The van der Waals surface area contributed by atoms with Crippen molar-refractivity contribution in [3.05, 3.63) is 71.8 Å². The maximum atomic E-state index is 13.2. The summed E-state index contributed by atoms with van der Waals surface area (Å²) in [4.78, 5) is 62.7. The number of unbranched alkanes of at least 4 members (excludes halogenated alkanes) is 1. The van der Waals surface area contributed by atoms with Crippen molar-refractivity contribution in [2.45, 2.75) is 62.7 Å². The predicted octanol–water partition coefficient (Wildman–Crippen LogP) is -0.657. The second kappa shape index (κ2) is 16.6. The molecule has 10 N–H and O–H groups in total. The molecule has 0 spiro atoms. The summed E-state index contributed by atoms with van der Waals surface area (Å²) in [6.45, 7) is 0.384. The number of amides is 4. The fourth-order valence-corrected chi connectivity index (χ4v) is 4.00. The van der Waals surface area contributed by atoms with Crippen molar-refractivity contribution in [2.75, 3.05) is 6.54 Å². The Morgan fingerprint density at radius 1 is 0.700 bits per heavy atom. The summed E-state index contributed by atoms with van der Waals surface area (Å²) in [5.41, 5.74) is 18.3. The van der Waals surface area contributed by atoms with Crippen molar-refractivity contribution in [3.63, 3.8) is 0 Å². The van der Waals surface area contributed by atoms with E-state index in [9.17, 15) is 29.1 Å². The Kier molecular flexibility index (Phi) is 13.3. The van der Waals surface area contributed by atoms with Gasteiger partial charge in [0.2, 0.25) is 23.6 Å². The summed E-state index contributed by atoms with van der Waals surface area (Å²) in [5, 5.41) is 17.1. The number of carbonyl (C=O) groups excluding carboxylic acids is 4. The maximum Gasteiger partial charge on any atom is 0.326 e. The minimum absolute atomic E-state index is 0.0261. The third-order valence-electron chi connectivity index (χ3n) is 6.15. The second-order valence-electron chi connectivity index (χ2n) is 9.46. The van der Waals surface area contributed by atoms with Crippen LogP contribution in [0.25, 0.3) is 0 Å². The number of benzene rings is 2. The maximum absolute atomic E-state index is 13.2. The Bertz CT molecular complexity index is 1130. The summed E-state index contributed by atoms with van der Waals surface area (Å²) in [5.74, 6) is -4.33. The molecule has 2 aromatic carbocycles. The summed E-state index contributed by atoms with van der Waals surface area (Å²) < 4.78 is 0. The van der Waals surface area contributed by atoms with Gasteiger partial charge in [0.05, 0.1) is 12.5 Å². The predicted molar refractivity (Wildman–Crippen MR) is 148 cm³/mol. The van der Waals surface area contributed by atoms with Crippen molar-refractivity contribution in [1.29, 1.82) is 0 Å². The third-order valence-corrected chi connectivity index (χ3v) is 6.15. The van der Waals surface area contributed by atoms with E-state index in [0.29, 0.717) is 24.9 Å². The zero-order valence-electron chi connectivity index (χ0n) is 22.3. The quantitative estimate of drug-likeness (QED) is 0.124. The van der Waals surface area contributed by atoms with Crippen LogP contribution in [0.2, 0.25) is 0 Å². The second-order valence-corrected chi connectivity index (χ2v) is 9.46. The van der Waals surface area contributed by atoms with Gasteiger partial charge in [-0.1, -0.05) is 60.7 Å². The van der Waals surface area contributed by atoms with Crippen molar-refractivity contribution in [3.8, 4) is 0 Å². The SMILES string of the molecule is NCCCCC(NC(=O)C(Cc1ccccc1)NC(=O)C(CC(N)=O)NC(=O)C(N)Cc1ccccc1)C(=O)O. The average molecular weight is 555 g/mol. The highest BCUT2D eigenvalue weighted by Gasteiger charge is 2.31. The van der Waals surface area contributed by atoms with Gasteiger partial charge in [-0.3, -0.25) is 19.2 Å². The molecule has 40 heavy (non-hydrogen) atoms. The lowest BCUT2D eigenvalue weighted by Gasteiger charge is -2.25. The van der Waals surface area contributed by atoms with Crippen LogP contribution in [-0.4, -0.2) is 65.4 Å². The van der Waals surface area contributed by atoms with Crippen LogP contribution in [0.3, 0.4) is 0 Å². The molecular weight excluding hydrogens is 516 g/mol. The zero-order chi connectivity index (χ0) is 29.5. The van der Waals surface area contributed by atoms with E-state index in [1.807, 2.05) is 6.07 Å². The number of nitrogens with two attached hydrogens (primary N) is 3. The van der Waals surface area contributed by atoms with Crippen LogP contribution in [0.1, 0.15) is 36.8 Å². The lowest BCUT2D eigenvalue weighted by Crippen LogP contribution is -2.58. The molecule has 0 bridgehead atoms. The van der Waals surface area contributed by atoms with E-state index in [4.69, 9.17) is 17.2 Å². The van der Waals surface area contributed by atoms with Crippen LogP contribution in [0.4, 0.5) is 0 Å². The lowest BCUT2D eigenvalue weighted by molar-refractivity contribution is -0.142. The number of carboxylic acids is 1. The molecule has 4 atom stereocenters. The Morgan fingerprint density at radius 2 is 1.20 bits per heavy atom. The Morgan fingerprint density at radius 3 is 1.73 bits per heavy atom. The monoisotopic (exact) mass is 554 g/mol. The first-order chi connectivity index (χ1) is 19.1. The van der Waals surface area contributed by atoms with Crippen molar-refractivity contribution in [1.82, 2.24) is 16.0 Å². The number of carbonyl (C=O) groups is 5. The Balaban J connectivity index is 2.18. The van der Waals surface area contributed by atoms with Gasteiger partial charge >= 0.3 is 5.97 Å². The molecule has 0 heterocycles. The summed E-state index contributed by atoms with van der Waals surface area (Å²) in [6, 6.07) is 13.0. The molecule has 4 amide bonds. The third kappa shape index (κ3) is 11.2. The van der Waals surface area contributed by atoms with E-state index in [0.717, 1.165) is 5.56 Å². The van der Waals surface area contributed by atoms with E-state index in [1.54, 1.807) is 54.6 Å². The molecule has 0 aliphatic heterocycles. The number of rotatable bonds is 17. The molecule has 216 valence electrons. The molecule has 0 aliphatic rings. The Hall–Kier alpha value is -4.29. The summed E-state index contributed by atoms with van der Waals surface area (Å²) in [7, 11) is 0. The van der Waals surface area contributed by atoms with Crippen LogP contribution in [0.15, 0.2) is 60.7 Å². The highest BCUT2D eigenvalue weighted by atomic mass is 16.4. The topological polar surface area (TPSA) is 220 Å². The first-order valence-electron chi connectivity index (χ1n) is 13.1. The van der Waals surface area contributed by atoms with Crippen molar-refractivity contribution >= 4 is 29.6 Å². The number of aliphatic carboxylic acids is 1. The molecule has 12 heteroatoms. The number of carboxylic acid groups (broad SMARTS) is 1. The molecule has 0 radical (unpaired) electrons. The zero-order valence-corrected chi connectivity index (χ0v) is 22.3. The molecule has 0 fully saturated rings. The lowest BCUT2D eigenvalue weighted by atomic mass is 10.0. The molecule has 12 nitrogen and oxygen atoms in total. The van der Waals surface area contributed by atoms with Crippen molar-refractivity contribution < 1.29 is 29.1 Å². The van der Waals surface area contributed by atoms with Gasteiger partial charge in [0, 0.05) is 6.42 Å². The van der Waals surface area contributed by atoms with Crippen LogP contribution in [0.5, 0.6) is 0 Å². The van der Waals surface area contributed by atoms with Gasteiger partial charge in [-0.15, -0.1) is 0 Å². The number of primary amides is 1. The standard InChI is InChI=1S/C28H38N6O6/c29-14-8-7-13-21(28(39)40)32-26(37)22(16-19-11-5-2-6-12-19)34-27(38)23(17-24(31)35)33-25(36)20(30)15-18-9-3-1-4-10-18/h1-6,9-12,20-23H,7-8,13-17,29-30H2,(H2,31,35)(H,32,37)(H,33,36)(H,34,38)(H,39,40). The van der Waals surface area contributed by atoms with Gasteiger partial charge < -0.3 is 38.3 Å². The fraction of sp³-hybridized carbons (Fsp3) is 0.393. The van der Waals surface area contributed by atoms with Gasteiger partial charge in [-0.25, -0.2) is 4.79 Å². The molecule has 0 aliphatic carbocycles. The molecule has 0 saturated carbocycles. The van der Waals surface area contributed by atoms with Gasteiger partial charge in [-0.05, 0) is 43.4 Å². The molecule has 2 rings (SSSR count). The molecule has 4 unspecified atom stereocenters. The first kappa shape index (κ1) is 31.9. The normalized spacial score (nSPS) is 13.8. The highest BCUT2D eigenvalue weighted by molar-refractivity contribution is 5.96. The van der Waals surface area contributed by atoms with E-state index < -0.39 is 60.2 Å². The van der Waals surface area contributed by atoms with Gasteiger partial charge in [0.25, 0.3) is 0 Å². The number of hydrogen-bond acceptors (Lipinski definition) is 7. The largest absolute Gasteiger partial charge is 0.480 e. The molecule has 0 aromatic heterocycles. The van der Waals surface area contributed by atoms with E-state index in [2.05, 4.69) is 16.0 Å². The van der Waals surface area contributed by atoms with Crippen LogP contribution < -0.4 is 33.2 Å². The summed E-state index contributed by atoms with van der Waals surface area (Å²) in [6.07, 6.45) is 0.913. The highest BCUT2D eigenvalue weighted by Crippen LogP contribution is 2.08. The first-order valence-corrected chi connectivity index (χ1v) is 13.1. The smallest absolute Gasteiger partial charge is 0.326 e. The van der Waals surface area contributed by atoms with Gasteiger partial charge in [0.1, 0.15) is 18.1 Å². The minimum Gasteiger partial charge on any atom is -0.480 e. The van der Waals surface area contributed by atoms with Crippen LogP contribution >= 0.6 is 0 Å². The Labute approximate surface area is 233 Å². The average Bonchev–Trinajstić information content (AvgIpc) is 2.92. The fourth-order valence-electron chi connectivity index (χ4n) is 4.00. The van der Waals surface area contributed by atoms with Crippen molar-refractivity contribution in [2.24, 2.45) is 17.2 Å². The summed E-state index contributed by atoms with van der Waals surface area (Å²) >= 11 is 0. The van der Waals surface area contributed by atoms with E-state index in [1.165, 1.54) is 0 Å². The number of nitrogens with one attached hydrogen (secondary N) is 3.